The molecule has 0 fully saturated rings. The van der Waals surface area contributed by atoms with E-state index >= 15 is 0 Å². The van der Waals surface area contributed by atoms with Gasteiger partial charge in [0.15, 0.2) is 0 Å². The second-order valence-corrected chi connectivity index (χ2v) is 7.06. The van der Waals surface area contributed by atoms with Crippen LogP contribution in [0.1, 0.15) is 18.9 Å². The molecule has 1 atom stereocenters. The van der Waals surface area contributed by atoms with Crippen LogP contribution in [0.3, 0.4) is 0 Å². The quantitative estimate of drug-likeness (QED) is 0.685. The van der Waals surface area contributed by atoms with Gasteiger partial charge in [-0.3, -0.25) is 14.3 Å². The summed E-state index contributed by atoms with van der Waals surface area (Å²) in [6.45, 7) is 3.66. The lowest BCUT2D eigenvalue weighted by Crippen LogP contribution is -2.45. The highest BCUT2D eigenvalue weighted by Crippen LogP contribution is 2.26. The first kappa shape index (κ1) is 18.2. The Hall–Kier alpha value is -3.15. The van der Waals surface area contributed by atoms with Crippen LogP contribution >= 0.6 is 0 Å². The molecule has 0 spiro atoms. The molecule has 0 amide bonds. The summed E-state index contributed by atoms with van der Waals surface area (Å²) in [4.78, 5) is 23.9. The third-order valence-corrected chi connectivity index (χ3v) is 5.34. The van der Waals surface area contributed by atoms with Crippen LogP contribution in [0.15, 0.2) is 59.7 Å². The molecule has 1 aliphatic heterocycles. The van der Waals surface area contributed by atoms with Crippen molar-refractivity contribution in [3.05, 3.63) is 70.8 Å². The molecular weight excluding hydrogens is 352 g/mol. The monoisotopic (exact) mass is 376 g/mol. The van der Waals surface area contributed by atoms with Gasteiger partial charge in [0.25, 0.3) is 5.56 Å². The lowest BCUT2D eigenvalue weighted by atomic mass is 10.1. The summed E-state index contributed by atoms with van der Waals surface area (Å²) >= 11 is 0. The number of para-hydroxylation sites is 1. The van der Waals surface area contributed by atoms with Gasteiger partial charge in [-0.1, -0.05) is 18.2 Å². The van der Waals surface area contributed by atoms with Gasteiger partial charge < -0.3 is 9.64 Å². The topological polar surface area (TPSA) is 60.2 Å². The molecule has 4 rings (SSSR count). The molecule has 1 aromatic carbocycles. The minimum Gasteiger partial charge on any atom is -0.496 e. The van der Waals surface area contributed by atoms with Crippen LogP contribution in [0.25, 0.3) is 11.3 Å². The largest absolute Gasteiger partial charge is 0.496 e. The summed E-state index contributed by atoms with van der Waals surface area (Å²) in [6.07, 6.45) is 5.19. The fourth-order valence-electron chi connectivity index (χ4n) is 3.73. The Labute approximate surface area is 164 Å². The van der Waals surface area contributed by atoms with Gasteiger partial charge in [-0.15, -0.1) is 0 Å². The number of anilines is 1. The number of rotatable bonds is 5. The molecule has 0 aliphatic carbocycles. The number of nitrogens with zero attached hydrogens (tertiary/aromatic N) is 4. The van der Waals surface area contributed by atoms with E-state index in [1.807, 2.05) is 30.3 Å². The van der Waals surface area contributed by atoms with Crippen molar-refractivity contribution >= 4 is 5.95 Å². The van der Waals surface area contributed by atoms with Gasteiger partial charge in [-0.25, -0.2) is 4.98 Å². The van der Waals surface area contributed by atoms with Crippen molar-refractivity contribution < 1.29 is 4.74 Å². The fraction of sp³-hybridized carbons (Fsp3) is 0.318. The molecule has 3 aromatic rings. The number of hydrogen-bond acceptors (Lipinski definition) is 5. The van der Waals surface area contributed by atoms with E-state index in [2.05, 4.69) is 22.9 Å². The maximum atomic E-state index is 12.7. The number of fused-ring (bicyclic) bond motifs is 1. The summed E-state index contributed by atoms with van der Waals surface area (Å²) in [5.41, 5.74) is 2.74. The molecule has 144 valence electrons. The first-order valence-electron chi connectivity index (χ1n) is 9.58. The van der Waals surface area contributed by atoms with Crippen LogP contribution in [-0.4, -0.2) is 34.2 Å². The Balaban J connectivity index is 1.68. The van der Waals surface area contributed by atoms with Crippen LogP contribution < -0.4 is 15.2 Å². The molecular formula is C22H24N4O2. The highest BCUT2D eigenvalue weighted by Gasteiger charge is 2.26. The molecule has 6 heteroatoms. The minimum absolute atomic E-state index is 0.00833. The predicted octanol–water partition coefficient (Wildman–Crippen LogP) is 3.16. The molecule has 0 radical (unpaired) electrons. The van der Waals surface area contributed by atoms with Crippen molar-refractivity contribution in [3.8, 4) is 17.0 Å². The van der Waals surface area contributed by atoms with E-state index in [4.69, 9.17) is 9.72 Å². The first-order chi connectivity index (χ1) is 13.7. The predicted molar refractivity (Wildman–Crippen MR) is 110 cm³/mol. The normalized spacial score (nSPS) is 15.9. The van der Waals surface area contributed by atoms with Crippen molar-refractivity contribution in [2.75, 3.05) is 18.6 Å². The van der Waals surface area contributed by atoms with Crippen LogP contribution in [0, 0.1) is 0 Å². The summed E-state index contributed by atoms with van der Waals surface area (Å²) in [5, 5.41) is 0. The molecule has 1 unspecified atom stereocenters. The zero-order valence-electron chi connectivity index (χ0n) is 16.2. The fourth-order valence-corrected chi connectivity index (χ4v) is 3.73. The van der Waals surface area contributed by atoms with Gasteiger partial charge in [0, 0.05) is 43.2 Å². The average Bonchev–Trinajstić information content (AvgIpc) is 2.73. The first-order valence-corrected chi connectivity index (χ1v) is 9.58. The average molecular weight is 376 g/mol. The van der Waals surface area contributed by atoms with E-state index < -0.39 is 0 Å². The molecule has 3 heterocycles. The summed E-state index contributed by atoms with van der Waals surface area (Å²) < 4.78 is 7.27. The van der Waals surface area contributed by atoms with Crippen molar-refractivity contribution in [2.45, 2.75) is 32.4 Å². The maximum absolute atomic E-state index is 12.7. The molecule has 0 saturated carbocycles. The molecule has 0 saturated heterocycles. The van der Waals surface area contributed by atoms with Crippen LogP contribution in [0.5, 0.6) is 5.75 Å². The van der Waals surface area contributed by atoms with E-state index in [9.17, 15) is 4.79 Å². The van der Waals surface area contributed by atoms with Crippen molar-refractivity contribution in [1.82, 2.24) is 14.5 Å². The highest BCUT2D eigenvalue weighted by molar-refractivity contribution is 5.59. The van der Waals surface area contributed by atoms with Gasteiger partial charge in [-0.2, -0.15) is 0 Å². The Kier molecular flexibility index (Phi) is 5.10. The standard InChI is InChI=1S/C22H24N4O2/c1-16-9-13-26-21(27)15-19(17-7-11-23-12-8-17)24-22(26)25(16)14-10-18-5-3-4-6-20(18)28-2/h3-8,11-12,15-16H,9-10,13-14H2,1-2H3. The molecule has 0 N–H and O–H groups in total. The molecule has 2 aromatic heterocycles. The van der Waals surface area contributed by atoms with E-state index in [1.165, 1.54) is 0 Å². The number of benzene rings is 1. The number of methoxy groups -OCH3 is 1. The Morgan fingerprint density at radius 2 is 1.96 bits per heavy atom. The zero-order chi connectivity index (χ0) is 19.5. The number of hydrogen-bond donors (Lipinski definition) is 0. The van der Waals surface area contributed by atoms with Crippen LogP contribution in [-0.2, 0) is 13.0 Å². The molecule has 1 aliphatic rings. The minimum atomic E-state index is -0.00833. The van der Waals surface area contributed by atoms with E-state index in [0.717, 1.165) is 42.2 Å². The smallest absolute Gasteiger partial charge is 0.255 e. The molecule has 6 nitrogen and oxygen atoms in total. The van der Waals surface area contributed by atoms with Gasteiger partial charge in [0.1, 0.15) is 5.75 Å². The van der Waals surface area contributed by atoms with Crippen molar-refractivity contribution in [1.29, 1.82) is 0 Å². The lowest BCUT2D eigenvalue weighted by molar-refractivity contribution is 0.408. The maximum Gasteiger partial charge on any atom is 0.255 e. The van der Waals surface area contributed by atoms with Gasteiger partial charge in [0.05, 0.1) is 12.8 Å². The van der Waals surface area contributed by atoms with Crippen molar-refractivity contribution in [3.63, 3.8) is 0 Å². The zero-order valence-corrected chi connectivity index (χ0v) is 16.2. The van der Waals surface area contributed by atoms with Gasteiger partial charge in [0.2, 0.25) is 5.95 Å². The second-order valence-electron chi connectivity index (χ2n) is 7.06. The van der Waals surface area contributed by atoms with E-state index in [-0.39, 0.29) is 5.56 Å². The third kappa shape index (κ3) is 3.50. The van der Waals surface area contributed by atoms with Gasteiger partial charge >= 0.3 is 0 Å². The summed E-state index contributed by atoms with van der Waals surface area (Å²) in [5.74, 6) is 1.64. The number of pyridine rings is 1. The second kappa shape index (κ2) is 7.84. The van der Waals surface area contributed by atoms with E-state index in [0.29, 0.717) is 18.3 Å². The highest BCUT2D eigenvalue weighted by atomic mass is 16.5. The Morgan fingerprint density at radius 3 is 2.75 bits per heavy atom. The SMILES string of the molecule is COc1ccccc1CCN1c2nc(-c3ccncc3)cc(=O)n2CCC1C. The number of ether oxygens (including phenoxy) is 1. The van der Waals surface area contributed by atoms with Crippen LogP contribution in [0.4, 0.5) is 5.95 Å². The third-order valence-electron chi connectivity index (χ3n) is 5.34. The van der Waals surface area contributed by atoms with Crippen molar-refractivity contribution in [2.24, 2.45) is 0 Å². The molecule has 28 heavy (non-hydrogen) atoms. The molecule has 0 bridgehead atoms. The van der Waals surface area contributed by atoms with Gasteiger partial charge in [-0.05, 0) is 43.5 Å². The van der Waals surface area contributed by atoms with Crippen LogP contribution in [0.2, 0.25) is 0 Å². The Morgan fingerprint density at radius 1 is 1.18 bits per heavy atom. The summed E-state index contributed by atoms with van der Waals surface area (Å²) in [6, 6.07) is 13.8. The summed E-state index contributed by atoms with van der Waals surface area (Å²) in [7, 11) is 1.69. The number of aromatic nitrogens is 3. The van der Waals surface area contributed by atoms with E-state index in [1.54, 1.807) is 30.1 Å². The Bertz CT molecular complexity index is 1020. The lowest BCUT2D eigenvalue weighted by Gasteiger charge is -2.36.